The number of thiazole rings is 1. The fourth-order valence-electron chi connectivity index (χ4n) is 2.56. The normalized spacial score (nSPS) is 11.0. The molecule has 114 valence electrons. The summed E-state index contributed by atoms with van der Waals surface area (Å²) < 4.78 is 8.05. The number of ether oxygens (including phenoxy) is 1. The van der Waals surface area contributed by atoms with Crippen LogP contribution in [0, 0.1) is 6.92 Å². The number of para-hydroxylation sites is 1. The van der Waals surface area contributed by atoms with Gasteiger partial charge in [0.2, 0.25) is 0 Å². The predicted octanol–water partition coefficient (Wildman–Crippen LogP) is 5.25. The van der Waals surface area contributed by atoms with E-state index in [9.17, 15) is 0 Å². The summed E-state index contributed by atoms with van der Waals surface area (Å²) >= 11 is 1.58. The second-order valence-corrected chi connectivity index (χ2v) is 6.59. The summed E-state index contributed by atoms with van der Waals surface area (Å²) in [4.78, 5) is 5.55. The number of fused-ring (bicyclic) bond motifs is 1. The monoisotopic (exact) mass is 320 g/mol. The van der Waals surface area contributed by atoms with Gasteiger partial charge in [0.15, 0.2) is 0 Å². The van der Waals surface area contributed by atoms with E-state index < -0.39 is 0 Å². The van der Waals surface area contributed by atoms with Crippen LogP contribution in [0.5, 0.6) is 10.9 Å². The lowest BCUT2D eigenvalue weighted by atomic mass is 10.2. The van der Waals surface area contributed by atoms with Crippen LogP contribution in [0.4, 0.5) is 0 Å². The average Bonchev–Trinajstić information content (AvgIpc) is 3.18. The first kappa shape index (κ1) is 14.0. The summed E-state index contributed by atoms with van der Waals surface area (Å²) in [5.74, 6) is 0.822. The maximum absolute atomic E-state index is 5.82. The molecule has 0 amide bonds. The second-order valence-electron chi connectivity index (χ2n) is 5.51. The van der Waals surface area contributed by atoms with Crippen molar-refractivity contribution in [2.24, 2.45) is 0 Å². The molecule has 0 atom stereocenters. The van der Waals surface area contributed by atoms with Gasteiger partial charge < -0.3 is 9.30 Å². The molecular weight excluding hydrogens is 304 g/mol. The van der Waals surface area contributed by atoms with Crippen LogP contribution in [0.25, 0.3) is 10.9 Å². The van der Waals surface area contributed by atoms with Crippen molar-refractivity contribution in [3.05, 3.63) is 77.4 Å². The van der Waals surface area contributed by atoms with Crippen LogP contribution in [-0.4, -0.2) is 9.55 Å². The van der Waals surface area contributed by atoms with E-state index in [4.69, 9.17) is 4.74 Å². The zero-order valence-electron chi connectivity index (χ0n) is 12.8. The molecule has 4 rings (SSSR count). The highest BCUT2D eigenvalue weighted by molar-refractivity contribution is 7.13. The fraction of sp³-hybridized carbons (Fsp3) is 0.105. The first-order chi connectivity index (χ1) is 11.3. The van der Waals surface area contributed by atoms with Crippen molar-refractivity contribution in [2.45, 2.75) is 13.5 Å². The number of hydrogen-bond acceptors (Lipinski definition) is 3. The number of benzene rings is 2. The van der Waals surface area contributed by atoms with Gasteiger partial charge in [-0.25, -0.2) is 4.98 Å². The van der Waals surface area contributed by atoms with Crippen molar-refractivity contribution in [3.8, 4) is 10.9 Å². The molecule has 0 saturated carbocycles. The summed E-state index contributed by atoms with van der Waals surface area (Å²) in [5.41, 5.74) is 2.46. The first-order valence-corrected chi connectivity index (χ1v) is 8.33. The maximum Gasteiger partial charge on any atom is 0.278 e. The minimum absolute atomic E-state index is 0.681. The smallest absolute Gasteiger partial charge is 0.278 e. The largest absolute Gasteiger partial charge is 0.431 e. The highest BCUT2D eigenvalue weighted by atomic mass is 32.1. The number of hydrogen-bond donors (Lipinski definition) is 0. The molecule has 2 aromatic carbocycles. The van der Waals surface area contributed by atoms with Crippen molar-refractivity contribution >= 4 is 22.2 Å². The van der Waals surface area contributed by atoms with Gasteiger partial charge in [-0.15, -0.1) is 0 Å². The van der Waals surface area contributed by atoms with E-state index in [1.807, 2.05) is 30.5 Å². The third-order valence-corrected chi connectivity index (χ3v) is 4.62. The third kappa shape index (κ3) is 2.98. The lowest BCUT2D eigenvalue weighted by Crippen LogP contribution is -1.94. The SMILES string of the molecule is Cc1ccc(Oc2ncc(Cn3ccc4ccccc43)s2)cc1. The Morgan fingerprint density at radius 1 is 1.04 bits per heavy atom. The molecule has 2 aromatic heterocycles. The van der Waals surface area contributed by atoms with Crippen molar-refractivity contribution in [1.82, 2.24) is 9.55 Å². The zero-order valence-corrected chi connectivity index (χ0v) is 13.6. The van der Waals surface area contributed by atoms with Crippen LogP contribution in [-0.2, 0) is 6.54 Å². The van der Waals surface area contributed by atoms with Gasteiger partial charge >= 0.3 is 0 Å². The highest BCUT2D eigenvalue weighted by Crippen LogP contribution is 2.28. The fourth-order valence-corrected chi connectivity index (χ4v) is 3.34. The van der Waals surface area contributed by atoms with E-state index in [0.29, 0.717) is 5.19 Å². The van der Waals surface area contributed by atoms with E-state index in [-0.39, 0.29) is 0 Å². The molecule has 0 unspecified atom stereocenters. The summed E-state index contributed by atoms with van der Waals surface area (Å²) in [6.07, 6.45) is 4.01. The molecule has 0 N–H and O–H groups in total. The minimum atomic E-state index is 0.681. The summed E-state index contributed by atoms with van der Waals surface area (Å²) in [5, 5.41) is 1.94. The highest BCUT2D eigenvalue weighted by Gasteiger charge is 2.07. The van der Waals surface area contributed by atoms with E-state index in [2.05, 4.69) is 53.0 Å². The molecular formula is C19H16N2OS. The number of rotatable bonds is 4. The van der Waals surface area contributed by atoms with Gasteiger partial charge in [0.1, 0.15) is 5.75 Å². The molecule has 0 aliphatic rings. The number of aryl methyl sites for hydroxylation is 1. The van der Waals surface area contributed by atoms with Crippen molar-refractivity contribution in [1.29, 1.82) is 0 Å². The summed E-state index contributed by atoms with van der Waals surface area (Å²) in [6.45, 7) is 2.87. The van der Waals surface area contributed by atoms with Crippen LogP contribution in [0.2, 0.25) is 0 Å². The molecule has 0 aliphatic carbocycles. The van der Waals surface area contributed by atoms with Gasteiger partial charge in [-0.1, -0.05) is 47.2 Å². The Hall–Kier alpha value is -2.59. The van der Waals surface area contributed by atoms with Gasteiger partial charge in [-0.2, -0.15) is 0 Å². The summed E-state index contributed by atoms with van der Waals surface area (Å²) in [6, 6.07) is 18.5. The van der Waals surface area contributed by atoms with Gasteiger partial charge in [-0.05, 0) is 36.6 Å². The Morgan fingerprint density at radius 2 is 1.87 bits per heavy atom. The molecule has 0 saturated heterocycles. The van der Waals surface area contributed by atoms with Gasteiger partial charge in [0.25, 0.3) is 5.19 Å². The standard InChI is InChI=1S/C19H16N2OS/c1-14-6-8-16(9-7-14)22-19-20-12-17(23-19)13-21-11-10-15-4-2-3-5-18(15)21/h2-12H,13H2,1H3. The van der Waals surface area contributed by atoms with Gasteiger partial charge in [-0.3, -0.25) is 0 Å². The lowest BCUT2D eigenvalue weighted by Gasteiger charge is -2.03. The van der Waals surface area contributed by atoms with Crippen LogP contribution < -0.4 is 4.74 Å². The molecule has 0 spiro atoms. The van der Waals surface area contributed by atoms with E-state index >= 15 is 0 Å². The number of aromatic nitrogens is 2. The molecule has 0 radical (unpaired) electrons. The zero-order chi connectivity index (χ0) is 15.6. The van der Waals surface area contributed by atoms with Crippen molar-refractivity contribution in [2.75, 3.05) is 0 Å². The van der Waals surface area contributed by atoms with E-state index in [1.165, 1.54) is 21.3 Å². The predicted molar refractivity (Wildman–Crippen MR) is 94.4 cm³/mol. The molecule has 4 aromatic rings. The van der Waals surface area contributed by atoms with Crippen molar-refractivity contribution in [3.63, 3.8) is 0 Å². The Kier molecular flexibility index (Phi) is 3.60. The summed E-state index contributed by atoms with van der Waals surface area (Å²) in [7, 11) is 0. The molecule has 0 fully saturated rings. The second kappa shape index (κ2) is 5.89. The molecule has 0 bridgehead atoms. The Morgan fingerprint density at radius 3 is 2.74 bits per heavy atom. The Bertz CT molecular complexity index is 937. The first-order valence-electron chi connectivity index (χ1n) is 7.51. The topological polar surface area (TPSA) is 27.1 Å². The molecule has 2 heterocycles. The Labute approximate surface area is 138 Å². The number of nitrogens with zero attached hydrogens (tertiary/aromatic N) is 2. The van der Waals surface area contributed by atoms with Crippen LogP contribution in [0.15, 0.2) is 67.0 Å². The molecule has 0 aliphatic heterocycles. The Balaban J connectivity index is 1.52. The van der Waals surface area contributed by atoms with Gasteiger partial charge in [0.05, 0.1) is 6.54 Å². The molecule has 4 heteroatoms. The lowest BCUT2D eigenvalue weighted by molar-refractivity contribution is 0.478. The van der Waals surface area contributed by atoms with Crippen LogP contribution >= 0.6 is 11.3 Å². The molecule has 23 heavy (non-hydrogen) atoms. The third-order valence-electron chi connectivity index (χ3n) is 3.76. The quantitative estimate of drug-likeness (QED) is 0.514. The molecule has 3 nitrogen and oxygen atoms in total. The van der Waals surface area contributed by atoms with E-state index in [1.54, 1.807) is 11.3 Å². The maximum atomic E-state index is 5.82. The van der Waals surface area contributed by atoms with Crippen molar-refractivity contribution < 1.29 is 4.74 Å². The van der Waals surface area contributed by atoms with Crippen LogP contribution in [0.1, 0.15) is 10.4 Å². The minimum Gasteiger partial charge on any atom is -0.431 e. The van der Waals surface area contributed by atoms with E-state index in [0.717, 1.165) is 12.3 Å². The van der Waals surface area contributed by atoms with Crippen LogP contribution in [0.3, 0.4) is 0 Å². The average molecular weight is 320 g/mol. The van der Waals surface area contributed by atoms with Gasteiger partial charge in [0, 0.05) is 22.8 Å².